The highest BCUT2D eigenvalue weighted by Gasteiger charge is 2.35. The van der Waals surface area contributed by atoms with Crippen molar-refractivity contribution in [2.24, 2.45) is 5.92 Å². The van der Waals surface area contributed by atoms with Crippen molar-refractivity contribution in [3.63, 3.8) is 0 Å². The molecule has 2 saturated heterocycles. The van der Waals surface area contributed by atoms with Crippen molar-refractivity contribution in [3.8, 4) is 0 Å². The van der Waals surface area contributed by atoms with Crippen LogP contribution in [0, 0.1) is 5.92 Å². The summed E-state index contributed by atoms with van der Waals surface area (Å²) < 4.78 is 0. The predicted molar refractivity (Wildman–Crippen MR) is 64.4 cm³/mol. The third-order valence-electron chi connectivity index (χ3n) is 3.83. The molecule has 2 atom stereocenters. The van der Waals surface area contributed by atoms with Crippen LogP contribution in [-0.2, 0) is 9.59 Å². The average molecular weight is 239 g/mol. The summed E-state index contributed by atoms with van der Waals surface area (Å²) in [5, 5.41) is 3.23. The standard InChI is InChI=1S/C12H21N3O2/c1-13-10-4-3-5-15(8-10)12(17)9-6-11(16)14(2)7-9/h9-10,13H,3-8H2,1-2H3. The van der Waals surface area contributed by atoms with Crippen molar-refractivity contribution in [1.82, 2.24) is 15.1 Å². The number of likely N-dealkylation sites (N-methyl/N-ethyl adjacent to an activating group) is 1. The Balaban J connectivity index is 1.93. The van der Waals surface area contributed by atoms with Crippen LogP contribution in [0.2, 0.25) is 0 Å². The van der Waals surface area contributed by atoms with Crippen LogP contribution in [0.4, 0.5) is 0 Å². The first-order valence-corrected chi connectivity index (χ1v) is 6.32. The van der Waals surface area contributed by atoms with Crippen molar-refractivity contribution in [2.45, 2.75) is 25.3 Å². The first-order valence-electron chi connectivity index (χ1n) is 6.32. The van der Waals surface area contributed by atoms with Gasteiger partial charge >= 0.3 is 0 Å². The number of carbonyl (C=O) groups excluding carboxylic acids is 2. The molecule has 0 bridgehead atoms. The van der Waals surface area contributed by atoms with E-state index in [0.717, 1.165) is 25.9 Å². The van der Waals surface area contributed by atoms with E-state index in [1.54, 1.807) is 11.9 Å². The Morgan fingerprint density at radius 3 is 2.76 bits per heavy atom. The summed E-state index contributed by atoms with van der Waals surface area (Å²) in [6.07, 6.45) is 2.56. The number of likely N-dealkylation sites (tertiary alicyclic amines) is 2. The molecule has 2 amide bonds. The van der Waals surface area contributed by atoms with E-state index >= 15 is 0 Å². The Morgan fingerprint density at radius 1 is 1.41 bits per heavy atom. The molecule has 0 aliphatic carbocycles. The maximum absolute atomic E-state index is 12.3. The summed E-state index contributed by atoms with van der Waals surface area (Å²) in [6, 6.07) is 0.405. The molecular formula is C12H21N3O2. The van der Waals surface area contributed by atoms with Crippen LogP contribution in [0.5, 0.6) is 0 Å². The highest BCUT2D eigenvalue weighted by molar-refractivity contribution is 5.89. The van der Waals surface area contributed by atoms with E-state index in [1.807, 2.05) is 11.9 Å². The Morgan fingerprint density at radius 2 is 2.18 bits per heavy atom. The largest absolute Gasteiger partial charge is 0.345 e. The van der Waals surface area contributed by atoms with Gasteiger partial charge in [-0.1, -0.05) is 0 Å². The Kier molecular flexibility index (Phi) is 3.66. The zero-order valence-corrected chi connectivity index (χ0v) is 10.6. The number of rotatable bonds is 2. The van der Waals surface area contributed by atoms with Crippen LogP contribution in [0.3, 0.4) is 0 Å². The average Bonchev–Trinajstić information content (AvgIpc) is 2.69. The monoisotopic (exact) mass is 239 g/mol. The first-order chi connectivity index (χ1) is 8.11. The molecule has 17 heavy (non-hydrogen) atoms. The fraction of sp³-hybridized carbons (Fsp3) is 0.833. The van der Waals surface area contributed by atoms with Gasteiger partial charge in [-0.2, -0.15) is 0 Å². The van der Waals surface area contributed by atoms with Crippen LogP contribution in [0.15, 0.2) is 0 Å². The van der Waals surface area contributed by atoms with Gasteiger partial charge in [0.1, 0.15) is 0 Å². The van der Waals surface area contributed by atoms with Crippen molar-refractivity contribution in [2.75, 3.05) is 33.7 Å². The van der Waals surface area contributed by atoms with E-state index in [2.05, 4.69) is 5.32 Å². The molecule has 0 aromatic carbocycles. The van der Waals surface area contributed by atoms with E-state index < -0.39 is 0 Å². The summed E-state index contributed by atoms with van der Waals surface area (Å²) in [5.41, 5.74) is 0. The third kappa shape index (κ3) is 2.60. The molecule has 2 unspecified atom stereocenters. The molecule has 1 N–H and O–H groups in total. The van der Waals surface area contributed by atoms with Gasteiger partial charge in [0.15, 0.2) is 0 Å². The second-order valence-electron chi connectivity index (χ2n) is 5.09. The van der Waals surface area contributed by atoms with Gasteiger partial charge in [-0.05, 0) is 19.9 Å². The molecule has 0 aromatic rings. The Hall–Kier alpha value is -1.10. The summed E-state index contributed by atoms with van der Waals surface area (Å²) in [6.45, 7) is 2.20. The van der Waals surface area contributed by atoms with Crippen molar-refractivity contribution >= 4 is 11.8 Å². The molecule has 5 heteroatoms. The highest BCUT2D eigenvalue weighted by atomic mass is 16.2. The number of amides is 2. The second-order valence-corrected chi connectivity index (χ2v) is 5.09. The fourth-order valence-corrected chi connectivity index (χ4v) is 2.70. The summed E-state index contributed by atoms with van der Waals surface area (Å²) in [7, 11) is 3.70. The molecule has 5 nitrogen and oxygen atoms in total. The fourth-order valence-electron chi connectivity index (χ4n) is 2.70. The van der Waals surface area contributed by atoms with E-state index in [4.69, 9.17) is 0 Å². The van der Waals surface area contributed by atoms with E-state index in [-0.39, 0.29) is 17.7 Å². The van der Waals surface area contributed by atoms with Gasteiger partial charge in [0.05, 0.1) is 5.92 Å². The summed E-state index contributed by atoms with van der Waals surface area (Å²) in [4.78, 5) is 27.3. The van der Waals surface area contributed by atoms with Crippen LogP contribution in [-0.4, -0.2) is 61.4 Å². The normalized spacial score (nSPS) is 29.9. The van der Waals surface area contributed by atoms with E-state index in [0.29, 0.717) is 19.0 Å². The topological polar surface area (TPSA) is 52.7 Å². The quantitative estimate of drug-likeness (QED) is 0.718. The molecule has 2 fully saturated rings. The zero-order valence-electron chi connectivity index (χ0n) is 10.6. The van der Waals surface area contributed by atoms with Gasteiger partial charge in [0.2, 0.25) is 11.8 Å². The molecule has 0 spiro atoms. The number of nitrogens with one attached hydrogen (secondary N) is 1. The van der Waals surface area contributed by atoms with Gasteiger partial charge in [-0.25, -0.2) is 0 Å². The van der Waals surface area contributed by atoms with E-state index in [9.17, 15) is 9.59 Å². The van der Waals surface area contributed by atoms with Gasteiger partial charge in [0.25, 0.3) is 0 Å². The first kappa shape index (κ1) is 12.4. The molecule has 2 aliphatic rings. The van der Waals surface area contributed by atoms with Gasteiger partial charge in [-0.15, -0.1) is 0 Å². The molecule has 2 heterocycles. The van der Waals surface area contributed by atoms with Gasteiger partial charge in [0, 0.05) is 39.1 Å². The number of hydrogen-bond donors (Lipinski definition) is 1. The molecule has 0 saturated carbocycles. The lowest BCUT2D eigenvalue weighted by molar-refractivity contribution is -0.137. The number of nitrogens with zero attached hydrogens (tertiary/aromatic N) is 2. The maximum Gasteiger partial charge on any atom is 0.228 e. The molecule has 96 valence electrons. The van der Waals surface area contributed by atoms with Crippen LogP contribution >= 0.6 is 0 Å². The highest BCUT2D eigenvalue weighted by Crippen LogP contribution is 2.21. The van der Waals surface area contributed by atoms with Crippen LogP contribution in [0.1, 0.15) is 19.3 Å². The Labute approximate surface area is 102 Å². The minimum Gasteiger partial charge on any atom is -0.345 e. The molecular weight excluding hydrogens is 218 g/mol. The number of hydrogen-bond acceptors (Lipinski definition) is 3. The Bertz CT molecular complexity index is 319. The predicted octanol–water partition coefficient (Wildman–Crippen LogP) is -0.325. The molecule has 2 aliphatic heterocycles. The molecule has 0 radical (unpaired) electrons. The zero-order chi connectivity index (χ0) is 12.4. The lowest BCUT2D eigenvalue weighted by Gasteiger charge is -2.34. The minimum atomic E-state index is -0.122. The van der Waals surface area contributed by atoms with Crippen molar-refractivity contribution in [3.05, 3.63) is 0 Å². The van der Waals surface area contributed by atoms with E-state index in [1.165, 1.54) is 0 Å². The smallest absolute Gasteiger partial charge is 0.228 e. The van der Waals surface area contributed by atoms with Crippen LogP contribution < -0.4 is 5.32 Å². The van der Waals surface area contributed by atoms with Crippen molar-refractivity contribution in [1.29, 1.82) is 0 Å². The summed E-state index contributed by atoms with van der Waals surface area (Å²) in [5.74, 6) is 0.122. The SMILES string of the molecule is CNC1CCCN(C(=O)C2CC(=O)N(C)C2)C1. The number of piperidine rings is 1. The van der Waals surface area contributed by atoms with Gasteiger partial charge in [-0.3, -0.25) is 9.59 Å². The van der Waals surface area contributed by atoms with Crippen molar-refractivity contribution < 1.29 is 9.59 Å². The third-order valence-corrected chi connectivity index (χ3v) is 3.83. The molecule has 2 rings (SSSR count). The lowest BCUT2D eigenvalue weighted by Crippen LogP contribution is -2.49. The number of carbonyl (C=O) groups is 2. The summed E-state index contributed by atoms with van der Waals surface area (Å²) >= 11 is 0. The maximum atomic E-state index is 12.3. The lowest BCUT2D eigenvalue weighted by atomic mass is 10.0. The minimum absolute atomic E-state index is 0.0884. The second kappa shape index (κ2) is 5.04. The molecule has 0 aromatic heterocycles. The van der Waals surface area contributed by atoms with Crippen LogP contribution in [0.25, 0.3) is 0 Å². The van der Waals surface area contributed by atoms with Gasteiger partial charge < -0.3 is 15.1 Å².